The summed E-state index contributed by atoms with van der Waals surface area (Å²) in [5, 5.41) is 8.33. The Balaban J connectivity index is 0. The normalized spacial score (nSPS) is 11.5. The van der Waals surface area contributed by atoms with E-state index in [9.17, 15) is 4.79 Å². The Morgan fingerprint density at radius 1 is 1.33 bits per heavy atom. The molecule has 0 rings (SSSR count). The Labute approximate surface area is 91.8 Å². The molecule has 0 fully saturated rings. The number of carboxylic acid groups (broad SMARTS) is 1. The molecule has 0 aromatic heterocycles. The van der Waals surface area contributed by atoms with E-state index in [1.165, 1.54) is 0 Å². The maximum atomic E-state index is 10.1. The molecule has 0 heterocycles. The van der Waals surface area contributed by atoms with Crippen molar-refractivity contribution in [2.45, 2.75) is 39.2 Å². The Morgan fingerprint density at radius 2 is 1.87 bits per heavy atom. The largest absolute Gasteiger partial charge is 0.480 e. The lowest BCUT2D eigenvalue weighted by Gasteiger charge is -2.03. The van der Waals surface area contributed by atoms with Crippen LogP contribution in [-0.4, -0.2) is 36.9 Å². The molecule has 0 spiro atoms. The monoisotopic (exact) mass is 220 g/mol. The van der Waals surface area contributed by atoms with Crippen molar-refractivity contribution in [3.63, 3.8) is 0 Å². The van der Waals surface area contributed by atoms with E-state index in [2.05, 4.69) is 0 Å². The number of hydrogen-bond donors (Lipinski definition) is 3. The van der Waals surface area contributed by atoms with E-state index in [1.807, 2.05) is 13.8 Å². The zero-order valence-corrected chi connectivity index (χ0v) is 9.74. The van der Waals surface area contributed by atoms with Crippen molar-refractivity contribution >= 4 is 5.97 Å². The van der Waals surface area contributed by atoms with Crippen LogP contribution in [0.3, 0.4) is 0 Å². The Kier molecular flexibility index (Phi) is 14.9. The van der Waals surface area contributed by atoms with Crippen molar-refractivity contribution in [3.05, 3.63) is 0 Å². The Morgan fingerprint density at radius 3 is 2.13 bits per heavy atom. The first-order valence-corrected chi connectivity index (χ1v) is 5.36. The van der Waals surface area contributed by atoms with E-state index in [-0.39, 0.29) is 0 Å². The van der Waals surface area contributed by atoms with Gasteiger partial charge in [0.05, 0.1) is 0 Å². The quantitative estimate of drug-likeness (QED) is 0.545. The zero-order chi connectivity index (χ0) is 12.1. The summed E-state index contributed by atoms with van der Waals surface area (Å²) >= 11 is 0. The van der Waals surface area contributed by atoms with Gasteiger partial charge in [-0.3, -0.25) is 4.79 Å². The summed E-state index contributed by atoms with van der Waals surface area (Å²) in [4.78, 5) is 10.1. The van der Waals surface area contributed by atoms with Crippen LogP contribution in [0.1, 0.15) is 33.1 Å². The molecule has 0 aliphatic rings. The number of rotatable bonds is 7. The third-order valence-corrected chi connectivity index (χ3v) is 1.69. The van der Waals surface area contributed by atoms with Gasteiger partial charge in [-0.15, -0.1) is 0 Å². The fraction of sp³-hybridized carbons (Fsp3) is 0.900. The average molecular weight is 220 g/mol. The lowest BCUT2D eigenvalue weighted by atomic mass is 10.1. The number of unbranched alkanes of at least 4 members (excludes halogenated alkanes) is 1. The summed E-state index contributed by atoms with van der Waals surface area (Å²) in [6.45, 7) is 6.27. The van der Waals surface area contributed by atoms with Crippen LogP contribution < -0.4 is 11.5 Å². The van der Waals surface area contributed by atoms with Gasteiger partial charge in [0.2, 0.25) is 0 Å². The van der Waals surface area contributed by atoms with Crippen LogP contribution in [0.15, 0.2) is 0 Å². The van der Waals surface area contributed by atoms with Crippen molar-refractivity contribution in [2.75, 3.05) is 19.8 Å². The minimum absolute atomic E-state index is 0.520. The minimum atomic E-state index is -0.933. The Hall–Kier alpha value is -0.650. The number of carbonyl (C=O) groups is 1. The summed E-state index contributed by atoms with van der Waals surface area (Å²) in [6, 6.07) is -0.716. The molecule has 0 aromatic rings. The summed E-state index contributed by atoms with van der Waals surface area (Å²) < 4.78 is 4.83. The van der Waals surface area contributed by atoms with E-state index in [4.69, 9.17) is 21.3 Å². The summed E-state index contributed by atoms with van der Waals surface area (Å²) in [6.07, 6.45) is 2.16. The summed E-state index contributed by atoms with van der Waals surface area (Å²) in [5.41, 5.74) is 10.4. The first kappa shape index (κ1) is 16.8. The predicted molar refractivity (Wildman–Crippen MR) is 60.7 cm³/mol. The Bertz CT molecular complexity index is 141. The van der Waals surface area contributed by atoms with Gasteiger partial charge >= 0.3 is 5.97 Å². The molecule has 0 bridgehead atoms. The maximum absolute atomic E-state index is 10.1. The second-order valence-electron chi connectivity index (χ2n) is 3.01. The third-order valence-electron chi connectivity index (χ3n) is 1.69. The zero-order valence-electron chi connectivity index (χ0n) is 9.74. The molecule has 0 aliphatic carbocycles. The molecule has 5 N–H and O–H groups in total. The number of aliphatic carboxylic acids is 1. The van der Waals surface area contributed by atoms with Gasteiger partial charge in [-0.2, -0.15) is 0 Å². The summed E-state index contributed by atoms with van der Waals surface area (Å²) in [5.74, 6) is -0.933. The highest BCUT2D eigenvalue weighted by atomic mass is 16.5. The smallest absolute Gasteiger partial charge is 0.320 e. The molecule has 5 nitrogen and oxygen atoms in total. The van der Waals surface area contributed by atoms with Gasteiger partial charge in [0, 0.05) is 13.2 Å². The third kappa shape index (κ3) is 16.1. The van der Waals surface area contributed by atoms with Crippen LogP contribution in [0.2, 0.25) is 0 Å². The van der Waals surface area contributed by atoms with Crippen LogP contribution in [0.4, 0.5) is 0 Å². The van der Waals surface area contributed by atoms with Gasteiger partial charge in [-0.1, -0.05) is 6.42 Å². The van der Waals surface area contributed by atoms with Crippen molar-refractivity contribution < 1.29 is 14.6 Å². The molecule has 1 atom stereocenters. The number of hydrogen-bond acceptors (Lipinski definition) is 4. The molecule has 0 aliphatic heterocycles. The average Bonchev–Trinajstić information content (AvgIpc) is 2.20. The van der Waals surface area contributed by atoms with Crippen LogP contribution in [0, 0.1) is 0 Å². The van der Waals surface area contributed by atoms with Crippen molar-refractivity contribution in [2.24, 2.45) is 11.5 Å². The number of carboxylic acids is 1. The molecule has 15 heavy (non-hydrogen) atoms. The second-order valence-corrected chi connectivity index (χ2v) is 3.01. The SMILES string of the molecule is CCOCC.NCCCC[C@H](N)C(=O)O. The van der Waals surface area contributed by atoms with Gasteiger partial charge in [0.1, 0.15) is 6.04 Å². The van der Waals surface area contributed by atoms with Gasteiger partial charge in [-0.25, -0.2) is 0 Å². The van der Waals surface area contributed by atoms with Gasteiger partial charge in [0.15, 0.2) is 0 Å². The van der Waals surface area contributed by atoms with Crippen LogP contribution in [0.5, 0.6) is 0 Å². The molecule has 0 radical (unpaired) electrons. The lowest BCUT2D eigenvalue weighted by Crippen LogP contribution is -2.29. The van der Waals surface area contributed by atoms with Gasteiger partial charge in [-0.05, 0) is 33.2 Å². The highest BCUT2D eigenvalue weighted by Crippen LogP contribution is 1.96. The van der Waals surface area contributed by atoms with Gasteiger partial charge < -0.3 is 21.3 Å². The number of nitrogens with two attached hydrogens (primary N) is 2. The van der Waals surface area contributed by atoms with E-state index in [0.29, 0.717) is 13.0 Å². The summed E-state index contributed by atoms with van der Waals surface area (Å²) in [7, 11) is 0. The fourth-order valence-electron chi connectivity index (χ4n) is 0.836. The van der Waals surface area contributed by atoms with Crippen LogP contribution >= 0.6 is 0 Å². The van der Waals surface area contributed by atoms with Crippen LogP contribution in [-0.2, 0) is 9.53 Å². The standard InChI is InChI=1S/C6H14N2O2.C4H10O/c7-4-2-1-3-5(8)6(9)10;1-3-5-4-2/h5H,1-4,7-8H2,(H,9,10);3-4H2,1-2H3/t5-;/m0./s1. The van der Waals surface area contributed by atoms with Gasteiger partial charge in [0.25, 0.3) is 0 Å². The highest BCUT2D eigenvalue weighted by Gasteiger charge is 2.09. The molecule has 0 unspecified atom stereocenters. The van der Waals surface area contributed by atoms with E-state index in [0.717, 1.165) is 26.1 Å². The minimum Gasteiger partial charge on any atom is -0.480 e. The van der Waals surface area contributed by atoms with E-state index >= 15 is 0 Å². The van der Waals surface area contributed by atoms with Crippen molar-refractivity contribution in [1.29, 1.82) is 0 Å². The predicted octanol–water partition coefficient (Wildman–Crippen LogP) is 0.570. The molecule has 0 saturated carbocycles. The maximum Gasteiger partial charge on any atom is 0.320 e. The first-order chi connectivity index (χ1) is 7.09. The van der Waals surface area contributed by atoms with Crippen molar-refractivity contribution in [3.8, 4) is 0 Å². The van der Waals surface area contributed by atoms with Crippen LogP contribution in [0.25, 0.3) is 0 Å². The molecule has 5 heteroatoms. The van der Waals surface area contributed by atoms with Crippen molar-refractivity contribution in [1.82, 2.24) is 0 Å². The molecular formula is C10H24N2O3. The van der Waals surface area contributed by atoms with E-state index in [1.54, 1.807) is 0 Å². The lowest BCUT2D eigenvalue weighted by molar-refractivity contribution is -0.138. The molecule has 0 amide bonds. The number of ether oxygens (including phenoxy) is 1. The van der Waals surface area contributed by atoms with E-state index < -0.39 is 12.0 Å². The highest BCUT2D eigenvalue weighted by molar-refractivity contribution is 5.72. The molecular weight excluding hydrogens is 196 g/mol. The first-order valence-electron chi connectivity index (χ1n) is 5.36. The topological polar surface area (TPSA) is 98.6 Å². The molecule has 0 saturated heterocycles. The molecule has 0 aromatic carbocycles. The second kappa shape index (κ2) is 13.4. The molecule has 92 valence electrons. The fourth-order valence-corrected chi connectivity index (χ4v) is 0.836.